The average molecular weight is 218 g/mol. The molecule has 0 bridgehead atoms. The second-order valence-electron chi connectivity index (χ2n) is 3.53. The lowest BCUT2D eigenvalue weighted by Crippen LogP contribution is -2.01. The molecule has 0 spiro atoms. The molecule has 84 valence electrons. The van der Waals surface area contributed by atoms with Crippen molar-refractivity contribution < 1.29 is 9.15 Å². The molecule has 0 amide bonds. The van der Waals surface area contributed by atoms with E-state index >= 15 is 0 Å². The Labute approximate surface area is 94.1 Å². The number of aryl methyl sites for hydroxylation is 1. The van der Waals surface area contributed by atoms with E-state index in [4.69, 9.17) is 14.9 Å². The first-order valence-electron chi connectivity index (χ1n) is 5.13. The zero-order valence-corrected chi connectivity index (χ0v) is 9.14. The average Bonchev–Trinajstić information content (AvgIpc) is 2.67. The van der Waals surface area contributed by atoms with Gasteiger partial charge in [-0.15, -0.1) is 0 Å². The lowest BCUT2D eigenvalue weighted by molar-refractivity contribution is 0.320. The number of nitrogens with zero attached hydrogens (tertiary/aromatic N) is 1. The number of rotatable bonds is 4. The SMILES string of the molecule is Cc1nc(CCOc2ccc(N)cc2)co1. The predicted molar refractivity (Wildman–Crippen MR) is 61.3 cm³/mol. The van der Waals surface area contributed by atoms with E-state index in [-0.39, 0.29) is 0 Å². The molecule has 0 aliphatic carbocycles. The van der Waals surface area contributed by atoms with Crippen molar-refractivity contribution in [2.75, 3.05) is 12.3 Å². The Bertz CT molecular complexity index is 448. The summed E-state index contributed by atoms with van der Waals surface area (Å²) in [7, 11) is 0. The number of nitrogens with two attached hydrogens (primary N) is 1. The van der Waals surface area contributed by atoms with Crippen LogP contribution in [0, 0.1) is 6.92 Å². The van der Waals surface area contributed by atoms with Gasteiger partial charge in [-0.3, -0.25) is 0 Å². The fraction of sp³-hybridized carbons (Fsp3) is 0.250. The lowest BCUT2D eigenvalue weighted by Gasteiger charge is -2.04. The van der Waals surface area contributed by atoms with E-state index in [1.165, 1.54) is 0 Å². The first-order valence-corrected chi connectivity index (χ1v) is 5.13. The molecule has 0 fully saturated rings. The van der Waals surface area contributed by atoms with Crippen LogP contribution in [0.15, 0.2) is 34.9 Å². The maximum Gasteiger partial charge on any atom is 0.191 e. The minimum atomic E-state index is 0.579. The van der Waals surface area contributed by atoms with Crippen LogP contribution < -0.4 is 10.5 Å². The van der Waals surface area contributed by atoms with Crippen molar-refractivity contribution in [3.05, 3.63) is 42.1 Å². The van der Waals surface area contributed by atoms with Crippen molar-refractivity contribution in [3.63, 3.8) is 0 Å². The number of hydrogen-bond acceptors (Lipinski definition) is 4. The Morgan fingerprint density at radius 3 is 2.69 bits per heavy atom. The number of anilines is 1. The molecule has 0 atom stereocenters. The minimum absolute atomic E-state index is 0.579. The maximum absolute atomic E-state index is 5.57. The lowest BCUT2D eigenvalue weighted by atomic mass is 10.3. The molecule has 0 unspecified atom stereocenters. The summed E-state index contributed by atoms with van der Waals surface area (Å²) in [5, 5.41) is 0. The van der Waals surface area contributed by atoms with Crippen molar-refractivity contribution in [1.82, 2.24) is 4.98 Å². The van der Waals surface area contributed by atoms with Crippen LogP contribution in [0.2, 0.25) is 0 Å². The second-order valence-corrected chi connectivity index (χ2v) is 3.53. The Kier molecular flexibility index (Phi) is 3.10. The topological polar surface area (TPSA) is 61.3 Å². The third kappa shape index (κ3) is 2.76. The highest BCUT2D eigenvalue weighted by atomic mass is 16.5. The molecule has 2 N–H and O–H groups in total. The van der Waals surface area contributed by atoms with Crippen molar-refractivity contribution in [1.29, 1.82) is 0 Å². The third-order valence-corrected chi connectivity index (χ3v) is 2.17. The molecule has 0 saturated carbocycles. The van der Waals surface area contributed by atoms with Gasteiger partial charge in [-0.05, 0) is 24.3 Å². The number of aromatic nitrogens is 1. The van der Waals surface area contributed by atoms with Crippen LogP contribution in [-0.2, 0) is 6.42 Å². The summed E-state index contributed by atoms with van der Waals surface area (Å²) in [6.07, 6.45) is 2.39. The van der Waals surface area contributed by atoms with Gasteiger partial charge in [0.25, 0.3) is 0 Å². The van der Waals surface area contributed by atoms with E-state index < -0.39 is 0 Å². The predicted octanol–water partition coefficient (Wildman–Crippen LogP) is 2.19. The van der Waals surface area contributed by atoms with Crippen LogP contribution in [0.4, 0.5) is 5.69 Å². The van der Waals surface area contributed by atoms with Gasteiger partial charge in [-0.25, -0.2) is 4.98 Å². The standard InChI is InChI=1S/C12H14N2O2/c1-9-14-11(8-16-9)6-7-15-12-4-2-10(13)3-5-12/h2-5,8H,6-7,13H2,1H3. The summed E-state index contributed by atoms with van der Waals surface area (Å²) in [5.41, 5.74) is 7.22. The van der Waals surface area contributed by atoms with Gasteiger partial charge < -0.3 is 14.9 Å². The Morgan fingerprint density at radius 2 is 2.06 bits per heavy atom. The van der Waals surface area contributed by atoms with Crippen LogP contribution >= 0.6 is 0 Å². The van der Waals surface area contributed by atoms with Gasteiger partial charge in [0, 0.05) is 19.0 Å². The molecule has 0 radical (unpaired) electrons. The number of nitrogen functional groups attached to an aromatic ring is 1. The molecule has 0 aliphatic rings. The minimum Gasteiger partial charge on any atom is -0.493 e. The van der Waals surface area contributed by atoms with Crippen molar-refractivity contribution in [2.24, 2.45) is 0 Å². The summed E-state index contributed by atoms with van der Waals surface area (Å²) in [5.74, 6) is 1.50. The van der Waals surface area contributed by atoms with Gasteiger partial charge in [0.2, 0.25) is 0 Å². The summed E-state index contributed by atoms with van der Waals surface area (Å²) in [6, 6.07) is 7.33. The van der Waals surface area contributed by atoms with Crippen molar-refractivity contribution >= 4 is 5.69 Å². The molecule has 2 aromatic rings. The van der Waals surface area contributed by atoms with Crippen LogP contribution in [-0.4, -0.2) is 11.6 Å². The molecular weight excluding hydrogens is 204 g/mol. The van der Waals surface area contributed by atoms with Gasteiger partial charge in [-0.2, -0.15) is 0 Å². The number of ether oxygens (including phenoxy) is 1. The van der Waals surface area contributed by atoms with Crippen molar-refractivity contribution in [3.8, 4) is 5.75 Å². The second kappa shape index (κ2) is 4.70. The van der Waals surface area contributed by atoms with Crippen molar-refractivity contribution in [2.45, 2.75) is 13.3 Å². The number of oxazole rings is 1. The molecule has 0 aliphatic heterocycles. The molecule has 1 heterocycles. The first kappa shape index (κ1) is 10.5. The third-order valence-electron chi connectivity index (χ3n) is 2.17. The van der Waals surface area contributed by atoms with Gasteiger partial charge >= 0.3 is 0 Å². The van der Waals surface area contributed by atoms with Gasteiger partial charge in [0.05, 0.1) is 12.3 Å². The highest BCUT2D eigenvalue weighted by Gasteiger charge is 2.00. The van der Waals surface area contributed by atoms with Gasteiger partial charge in [0.15, 0.2) is 5.89 Å². The highest BCUT2D eigenvalue weighted by Crippen LogP contribution is 2.13. The summed E-state index contributed by atoms with van der Waals surface area (Å²) < 4.78 is 10.6. The molecule has 1 aromatic heterocycles. The largest absolute Gasteiger partial charge is 0.493 e. The van der Waals surface area contributed by atoms with Gasteiger partial charge in [-0.1, -0.05) is 0 Å². The Morgan fingerprint density at radius 1 is 1.31 bits per heavy atom. The van der Waals surface area contributed by atoms with Crippen LogP contribution in [0.5, 0.6) is 5.75 Å². The van der Waals surface area contributed by atoms with E-state index in [1.54, 1.807) is 6.26 Å². The van der Waals surface area contributed by atoms with E-state index in [9.17, 15) is 0 Å². The van der Waals surface area contributed by atoms with Crippen LogP contribution in [0.1, 0.15) is 11.6 Å². The smallest absolute Gasteiger partial charge is 0.191 e. The van der Waals surface area contributed by atoms with Crippen LogP contribution in [0.3, 0.4) is 0 Å². The first-order chi connectivity index (χ1) is 7.74. The molecule has 0 saturated heterocycles. The molecule has 16 heavy (non-hydrogen) atoms. The van der Waals surface area contributed by atoms with E-state index in [1.807, 2.05) is 31.2 Å². The molecule has 2 rings (SSSR count). The number of hydrogen-bond donors (Lipinski definition) is 1. The summed E-state index contributed by atoms with van der Waals surface area (Å²) >= 11 is 0. The van der Waals surface area contributed by atoms with E-state index in [0.717, 1.165) is 23.6 Å². The van der Waals surface area contributed by atoms with Crippen LogP contribution in [0.25, 0.3) is 0 Å². The zero-order chi connectivity index (χ0) is 11.4. The van der Waals surface area contributed by atoms with Gasteiger partial charge in [0.1, 0.15) is 12.0 Å². The Balaban J connectivity index is 1.82. The fourth-order valence-corrected chi connectivity index (χ4v) is 1.36. The fourth-order valence-electron chi connectivity index (χ4n) is 1.36. The quantitative estimate of drug-likeness (QED) is 0.799. The van der Waals surface area contributed by atoms with E-state index in [0.29, 0.717) is 12.5 Å². The highest BCUT2D eigenvalue weighted by molar-refractivity contribution is 5.41. The molecule has 1 aromatic carbocycles. The normalized spacial score (nSPS) is 10.3. The monoisotopic (exact) mass is 218 g/mol. The molecule has 4 heteroatoms. The summed E-state index contributed by atoms with van der Waals surface area (Å²) in [6.45, 7) is 2.40. The van der Waals surface area contributed by atoms with E-state index in [2.05, 4.69) is 4.98 Å². The summed E-state index contributed by atoms with van der Waals surface area (Å²) in [4.78, 5) is 4.19. The Hall–Kier alpha value is -1.97. The zero-order valence-electron chi connectivity index (χ0n) is 9.14. The molecular formula is C12H14N2O2. The number of benzene rings is 1. The molecule has 4 nitrogen and oxygen atoms in total. The maximum atomic E-state index is 5.57.